The van der Waals surface area contributed by atoms with Gasteiger partial charge in [-0.1, -0.05) is 6.07 Å². The van der Waals surface area contributed by atoms with Gasteiger partial charge in [-0.2, -0.15) is 16.4 Å². The summed E-state index contributed by atoms with van der Waals surface area (Å²) in [5.41, 5.74) is 0. The van der Waals surface area contributed by atoms with Gasteiger partial charge in [-0.05, 0) is 30.5 Å². The number of methoxy groups -OCH3 is 1. The molecule has 0 unspecified atom stereocenters. The Labute approximate surface area is 143 Å². The van der Waals surface area contributed by atoms with Crippen LogP contribution in [0.5, 0.6) is 0 Å². The molecule has 3 aromatic rings. The number of rotatable bonds is 7. The van der Waals surface area contributed by atoms with Crippen LogP contribution in [0.4, 0.5) is 0 Å². The third kappa shape index (κ3) is 3.80. The van der Waals surface area contributed by atoms with Crippen molar-refractivity contribution in [3.05, 3.63) is 47.2 Å². The highest BCUT2D eigenvalue weighted by molar-refractivity contribution is 7.98. The summed E-state index contributed by atoms with van der Waals surface area (Å²) in [6.07, 6.45) is 4.71. The average Bonchev–Trinajstić information content (AvgIpc) is 3.21. The first-order valence-electron chi connectivity index (χ1n) is 7.26. The Balaban J connectivity index is 2.00. The van der Waals surface area contributed by atoms with E-state index < -0.39 is 0 Å². The largest absolute Gasteiger partial charge is 0.379 e. The van der Waals surface area contributed by atoms with Crippen LogP contribution in [0.15, 0.2) is 36.5 Å². The van der Waals surface area contributed by atoms with Gasteiger partial charge in [0.1, 0.15) is 0 Å². The van der Waals surface area contributed by atoms with Gasteiger partial charge in [0.15, 0.2) is 17.5 Å². The molecule has 120 valence electrons. The molecule has 0 bridgehead atoms. The second-order valence-electron chi connectivity index (χ2n) is 4.89. The minimum absolute atomic E-state index is 0.613. The lowest BCUT2D eigenvalue weighted by atomic mass is 10.4. The van der Waals surface area contributed by atoms with E-state index in [9.17, 15) is 0 Å². The Morgan fingerprint density at radius 2 is 2.17 bits per heavy atom. The Morgan fingerprint density at radius 1 is 1.26 bits per heavy atom. The first-order chi connectivity index (χ1) is 11.3. The monoisotopic (exact) mass is 346 g/mol. The van der Waals surface area contributed by atoms with Crippen molar-refractivity contribution in [2.45, 2.75) is 13.0 Å². The van der Waals surface area contributed by atoms with Crippen molar-refractivity contribution in [2.24, 2.45) is 0 Å². The zero-order chi connectivity index (χ0) is 16.1. The van der Waals surface area contributed by atoms with Crippen LogP contribution in [0.1, 0.15) is 10.7 Å². The summed E-state index contributed by atoms with van der Waals surface area (Å²) in [4.78, 5) is 11.4. The van der Waals surface area contributed by atoms with Crippen LogP contribution in [0, 0.1) is 0 Å². The summed E-state index contributed by atoms with van der Waals surface area (Å²) in [6.45, 7) is 0.613. The molecule has 0 saturated heterocycles. The molecule has 3 heterocycles. The van der Waals surface area contributed by atoms with Gasteiger partial charge in [-0.15, -0.1) is 16.4 Å². The Bertz CT molecular complexity index is 755. The molecule has 23 heavy (non-hydrogen) atoms. The van der Waals surface area contributed by atoms with Crippen molar-refractivity contribution in [2.75, 3.05) is 19.1 Å². The molecule has 0 aliphatic carbocycles. The minimum atomic E-state index is 0.613. The maximum Gasteiger partial charge on any atom is 0.175 e. The van der Waals surface area contributed by atoms with Crippen LogP contribution in [0.3, 0.4) is 0 Å². The van der Waals surface area contributed by atoms with Gasteiger partial charge in [0.25, 0.3) is 0 Å². The Kier molecular flexibility index (Phi) is 5.43. The maximum atomic E-state index is 5.20. The smallest absolute Gasteiger partial charge is 0.175 e. The average molecular weight is 346 g/mol. The van der Waals surface area contributed by atoms with Crippen molar-refractivity contribution in [3.8, 4) is 16.5 Å². The van der Waals surface area contributed by atoms with E-state index in [0.29, 0.717) is 6.61 Å². The number of thiophene rings is 1. The number of aryl methyl sites for hydroxylation is 1. The lowest BCUT2D eigenvalue weighted by Gasteiger charge is -2.02. The highest BCUT2D eigenvalue weighted by Crippen LogP contribution is 2.28. The minimum Gasteiger partial charge on any atom is -0.379 e. The highest BCUT2D eigenvalue weighted by Gasteiger charge is 2.16. The maximum absolute atomic E-state index is 5.20. The van der Waals surface area contributed by atoms with E-state index in [1.165, 1.54) is 4.88 Å². The number of thioether (sulfide) groups is 1. The summed E-state index contributed by atoms with van der Waals surface area (Å²) in [5, 5.41) is 4.65. The number of aromatic nitrogens is 4. The normalized spacial score (nSPS) is 11.0. The molecule has 3 aromatic heterocycles. The Hall–Kier alpha value is -1.70. The van der Waals surface area contributed by atoms with E-state index in [1.54, 1.807) is 36.4 Å². The molecular formula is C16H18N4OS2. The number of ether oxygens (including phenoxy) is 1. The second kappa shape index (κ2) is 7.72. The fourth-order valence-electron chi connectivity index (χ4n) is 2.17. The summed E-state index contributed by atoms with van der Waals surface area (Å²) in [6, 6.07) is 9.94. The molecule has 0 saturated carbocycles. The number of hydrogen-bond acceptors (Lipinski definition) is 6. The topological polar surface area (TPSA) is 52.8 Å². The fraction of sp³-hybridized carbons (Fsp3) is 0.312. The van der Waals surface area contributed by atoms with Gasteiger partial charge in [0, 0.05) is 30.4 Å². The van der Waals surface area contributed by atoms with E-state index >= 15 is 0 Å². The SMILES string of the molecule is COCc1ccc(-c2nc(CCSC)nn2-c2ccccn2)s1. The van der Waals surface area contributed by atoms with Gasteiger partial charge in [0.2, 0.25) is 0 Å². The molecule has 0 aliphatic rings. The predicted molar refractivity (Wildman–Crippen MR) is 95.3 cm³/mol. The van der Waals surface area contributed by atoms with Crippen molar-refractivity contribution >= 4 is 23.1 Å². The van der Waals surface area contributed by atoms with Crippen molar-refractivity contribution in [3.63, 3.8) is 0 Å². The van der Waals surface area contributed by atoms with Crippen LogP contribution in [0.2, 0.25) is 0 Å². The first-order valence-corrected chi connectivity index (χ1v) is 9.47. The highest BCUT2D eigenvalue weighted by atomic mass is 32.2. The van der Waals surface area contributed by atoms with Crippen LogP contribution in [0.25, 0.3) is 16.5 Å². The van der Waals surface area contributed by atoms with E-state index in [-0.39, 0.29) is 0 Å². The number of pyridine rings is 1. The van der Waals surface area contributed by atoms with Gasteiger partial charge >= 0.3 is 0 Å². The molecular weight excluding hydrogens is 328 g/mol. The first kappa shape index (κ1) is 16.2. The molecule has 0 spiro atoms. The lowest BCUT2D eigenvalue weighted by molar-refractivity contribution is 0.187. The number of hydrogen-bond donors (Lipinski definition) is 0. The molecule has 5 nitrogen and oxygen atoms in total. The third-order valence-electron chi connectivity index (χ3n) is 3.22. The van der Waals surface area contributed by atoms with Crippen molar-refractivity contribution in [1.82, 2.24) is 19.7 Å². The molecule has 0 radical (unpaired) electrons. The molecule has 0 aliphatic heterocycles. The molecule has 0 aromatic carbocycles. The van der Waals surface area contributed by atoms with Gasteiger partial charge in [-0.25, -0.2) is 9.97 Å². The number of nitrogens with zero attached hydrogens (tertiary/aromatic N) is 4. The van der Waals surface area contributed by atoms with Gasteiger partial charge < -0.3 is 4.74 Å². The van der Waals surface area contributed by atoms with E-state index in [4.69, 9.17) is 9.72 Å². The second-order valence-corrected chi connectivity index (χ2v) is 7.05. The van der Waals surface area contributed by atoms with Crippen LogP contribution in [-0.4, -0.2) is 38.9 Å². The van der Waals surface area contributed by atoms with Crippen molar-refractivity contribution < 1.29 is 4.74 Å². The van der Waals surface area contributed by atoms with Crippen LogP contribution in [-0.2, 0) is 17.8 Å². The Morgan fingerprint density at radius 3 is 2.91 bits per heavy atom. The standard InChI is InChI=1S/C16H18N4OS2/c1-21-11-12-6-7-13(23-12)16-18-14(8-10-22-2)19-20(16)15-5-3-4-9-17-15/h3-7,9H,8,10-11H2,1-2H3. The summed E-state index contributed by atoms with van der Waals surface area (Å²) < 4.78 is 7.03. The van der Waals surface area contributed by atoms with Crippen LogP contribution >= 0.6 is 23.1 Å². The van der Waals surface area contributed by atoms with Gasteiger partial charge in [0.05, 0.1) is 11.5 Å². The quantitative estimate of drug-likeness (QED) is 0.656. The predicted octanol–water partition coefficient (Wildman–Crippen LogP) is 3.44. The zero-order valence-electron chi connectivity index (χ0n) is 13.1. The van der Waals surface area contributed by atoms with E-state index in [1.807, 2.05) is 22.9 Å². The summed E-state index contributed by atoms with van der Waals surface area (Å²) in [7, 11) is 1.70. The van der Waals surface area contributed by atoms with E-state index in [2.05, 4.69) is 28.5 Å². The van der Waals surface area contributed by atoms with Gasteiger partial charge in [-0.3, -0.25) is 0 Å². The zero-order valence-corrected chi connectivity index (χ0v) is 14.7. The molecule has 0 fully saturated rings. The molecule has 3 rings (SSSR count). The molecule has 0 N–H and O–H groups in total. The molecule has 0 amide bonds. The van der Waals surface area contributed by atoms with Crippen molar-refractivity contribution in [1.29, 1.82) is 0 Å². The fourth-order valence-corrected chi connectivity index (χ4v) is 3.51. The molecule has 0 atom stereocenters. The summed E-state index contributed by atoms with van der Waals surface area (Å²) in [5.74, 6) is 3.48. The lowest BCUT2D eigenvalue weighted by Crippen LogP contribution is -2.01. The third-order valence-corrected chi connectivity index (χ3v) is 4.88. The molecule has 7 heteroatoms. The van der Waals surface area contributed by atoms with E-state index in [0.717, 1.165) is 34.5 Å². The van der Waals surface area contributed by atoms with Crippen LogP contribution < -0.4 is 0 Å². The summed E-state index contributed by atoms with van der Waals surface area (Å²) >= 11 is 3.47.